The van der Waals surface area contributed by atoms with Crippen LogP contribution in [0.1, 0.15) is 107 Å². The molecule has 0 bridgehead atoms. The number of hydrogen-bond donors (Lipinski definition) is 0. The summed E-state index contributed by atoms with van der Waals surface area (Å²) in [5.74, 6) is 3.51. The zero-order valence-corrected chi connectivity index (χ0v) is 20.6. The Bertz CT molecular complexity index is 467. The number of rotatable bonds is 4. The van der Waals surface area contributed by atoms with Crippen molar-refractivity contribution >= 4 is 5.78 Å². The number of Topliss-reactive ketones (excluding diaryl/α,β-unsaturated/α-hetero) is 1. The molecule has 166 valence electrons. The van der Waals surface area contributed by atoms with Gasteiger partial charge in [0.05, 0.1) is 0 Å². The summed E-state index contributed by atoms with van der Waals surface area (Å²) in [6.45, 7) is 21.6. The van der Waals surface area contributed by atoms with Gasteiger partial charge in [-0.15, -0.1) is 0 Å². The van der Waals surface area contributed by atoms with Crippen LogP contribution in [0.3, 0.4) is 0 Å². The average Bonchev–Trinajstić information content (AvgIpc) is 3.19. The van der Waals surface area contributed by atoms with E-state index in [2.05, 4.69) is 27.7 Å². The summed E-state index contributed by atoms with van der Waals surface area (Å²) in [5.41, 5.74) is 0.616. The maximum atomic E-state index is 12.6. The highest BCUT2D eigenvalue weighted by molar-refractivity contribution is 5.79. The third-order valence-electron chi connectivity index (χ3n) is 8.26. The summed E-state index contributed by atoms with van der Waals surface area (Å²) in [5, 5.41) is 0. The molecule has 3 fully saturated rings. The van der Waals surface area contributed by atoms with Gasteiger partial charge in [-0.2, -0.15) is 0 Å². The van der Waals surface area contributed by atoms with Crippen molar-refractivity contribution in [1.29, 1.82) is 0 Å². The van der Waals surface area contributed by atoms with Gasteiger partial charge < -0.3 is 4.74 Å². The van der Waals surface area contributed by atoms with Crippen LogP contribution in [0, 0.1) is 40.4 Å². The minimum Gasteiger partial charge on any atom is -0.381 e. The van der Waals surface area contributed by atoms with E-state index < -0.39 is 0 Å². The first-order valence-corrected chi connectivity index (χ1v) is 12.4. The fourth-order valence-corrected chi connectivity index (χ4v) is 7.38. The number of ether oxygens (including phenoxy) is 1. The molecule has 3 rings (SSSR count). The van der Waals surface area contributed by atoms with E-state index in [0.29, 0.717) is 29.0 Å². The quantitative estimate of drug-likeness (QED) is 0.492. The van der Waals surface area contributed by atoms with Crippen LogP contribution >= 0.6 is 0 Å². The summed E-state index contributed by atoms with van der Waals surface area (Å²) in [4.78, 5) is 12.6. The number of ketones is 1. The molecule has 28 heavy (non-hydrogen) atoms. The van der Waals surface area contributed by atoms with Crippen molar-refractivity contribution in [3.63, 3.8) is 0 Å². The highest BCUT2D eigenvalue weighted by Crippen LogP contribution is 2.63. The van der Waals surface area contributed by atoms with E-state index >= 15 is 0 Å². The topological polar surface area (TPSA) is 26.3 Å². The Morgan fingerprint density at radius 1 is 1.07 bits per heavy atom. The molecule has 1 aliphatic heterocycles. The van der Waals surface area contributed by atoms with Crippen molar-refractivity contribution in [3.05, 3.63) is 0 Å². The van der Waals surface area contributed by atoms with E-state index in [9.17, 15) is 4.79 Å². The Morgan fingerprint density at radius 2 is 1.71 bits per heavy atom. The molecule has 0 amide bonds. The van der Waals surface area contributed by atoms with E-state index in [0.717, 1.165) is 25.6 Å². The largest absolute Gasteiger partial charge is 0.381 e. The average molecular weight is 395 g/mol. The second kappa shape index (κ2) is 11.1. The molecule has 5 unspecified atom stereocenters. The lowest BCUT2D eigenvalue weighted by Crippen LogP contribution is -2.55. The van der Waals surface area contributed by atoms with Crippen molar-refractivity contribution in [1.82, 2.24) is 0 Å². The van der Waals surface area contributed by atoms with Crippen LogP contribution in [0.25, 0.3) is 0 Å². The van der Waals surface area contributed by atoms with Gasteiger partial charge in [-0.05, 0) is 73.5 Å². The summed E-state index contributed by atoms with van der Waals surface area (Å²) in [6, 6.07) is 0. The number of carbonyl (C=O) groups is 1. The molecular weight excluding hydrogens is 344 g/mol. The van der Waals surface area contributed by atoms with Crippen molar-refractivity contribution in [2.75, 3.05) is 13.2 Å². The van der Waals surface area contributed by atoms with E-state index in [4.69, 9.17) is 4.74 Å². The first-order valence-electron chi connectivity index (χ1n) is 12.4. The zero-order chi connectivity index (χ0) is 21.5. The lowest BCUT2D eigenvalue weighted by molar-refractivity contribution is -0.149. The number of fused-ring (bicyclic) bond motifs is 1. The van der Waals surface area contributed by atoms with Crippen LogP contribution in [0.4, 0.5) is 0 Å². The molecule has 2 heteroatoms. The standard InChI is InChI=1S/C22H38O2.2C2H6/c1-15-7-6-10-21(4)11-8-19(17(3)23)22(5,20(15)21)13-16(2)18-9-12-24-14-18;2*1-2/h15-16,18-20H,6-14H2,1-5H3;2*1-2H3/t15?,16?,18?,19?,20?,21-,22+;;/m1../s1. The molecule has 1 heterocycles. The summed E-state index contributed by atoms with van der Waals surface area (Å²) in [7, 11) is 0. The van der Waals surface area contributed by atoms with E-state index in [1.807, 2.05) is 34.6 Å². The van der Waals surface area contributed by atoms with Gasteiger partial charge in [-0.25, -0.2) is 0 Å². The smallest absolute Gasteiger partial charge is 0.133 e. The molecule has 2 aliphatic carbocycles. The number of hydrogen-bond acceptors (Lipinski definition) is 2. The van der Waals surface area contributed by atoms with Crippen LogP contribution in [-0.2, 0) is 9.53 Å². The van der Waals surface area contributed by atoms with E-state index in [1.165, 1.54) is 38.5 Å². The maximum Gasteiger partial charge on any atom is 0.133 e. The molecule has 3 aliphatic rings. The molecule has 0 radical (unpaired) electrons. The SMILES string of the molecule is CC.CC.CC(=O)C1CC[C@@]2(C)CCCC(C)C2[C@@]1(C)CC(C)C1CCOC1. The fraction of sp³-hybridized carbons (Fsp3) is 0.962. The Labute approximate surface area is 176 Å². The van der Waals surface area contributed by atoms with E-state index in [1.54, 1.807) is 0 Å². The second-order valence-corrected chi connectivity index (χ2v) is 10.0. The lowest BCUT2D eigenvalue weighted by atomic mass is 9.43. The van der Waals surface area contributed by atoms with Gasteiger partial charge in [0.1, 0.15) is 5.78 Å². The lowest BCUT2D eigenvalue weighted by Gasteiger charge is -2.61. The van der Waals surface area contributed by atoms with Gasteiger partial charge in [0.25, 0.3) is 0 Å². The molecule has 0 spiro atoms. The van der Waals surface area contributed by atoms with Gasteiger partial charge in [-0.1, -0.05) is 68.2 Å². The Kier molecular flexibility index (Phi) is 10.2. The highest BCUT2D eigenvalue weighted by atomic mass is 16.5. The molecule has 1 saturated heterocycles. The van der Waals surface area contributed by atoms with Crippen molar-refractivity contribution < 1.29 is 9.53 Å². The first kappa shape index (κ1) is 25.7. The zero-order valence-electron chi connectivity index (χ0n) is 20.6. The van der Waals surface area contributed by atoms with Crippen molar-refractivity contribution in [3.8, 4) is 0 Å². The normalized spacial score (nSPS) is 40.9. The minimum atomic E-state index is 0.167. The predicted molar refractivity (Wildman–Crippen MR) is 122 cm³/mol. The van der Waals surface area contributed by atoms with Crippen LogP contribution < -0.4 is 0 Å². The van der Waals surface area contributed by atoms with Crippen LogP contribution in [-0.4, -0.2) is 19.0 Å². The molecule has 0 N–H and O–H groups in total. The van der Waals surface area contributed by atoms with Gasteiger partial charge in [0, 0.05) is 19.1 Å². The number of carbonyl (C=O) groups excluding carboxylic acids is 1. The van der Waals surface area contributed by atoms with Crippen LogP contribution in [0.15, 0.2) is 0 Å². The first-order chi connectivity index (χ1) is 13.3. The third kappa shape index (κ3) is 5.21. The van der Waals surface area contributed by atoms with Crippen molar-refractivity contribution in [2.24, 2.45) is 40.4 Å². The molecule has 2 saturated carbocycles. The van der Waals surface area contributed by atoms with E-state index in [-0.39, 0.29) is 11.3 Å². The predicted octanol–water partition coefficient (Wildman–Crippen LogP) is 7.55. The minimum absolute atomic E-state index is 0.167. The summed E-state index contributed by atoms with van der Waals surface area (Å²) >= 11 is 0. The third-order valence-corrected chi connectivity index (χ3v) is 8.26. The van der Waals surface area contributed by atoms with Crippen LogP contribution in [0.2, 0.25) is 0 Å². The maximum absolute atomic E-state index is 12.6. The second-order valence-electron chi connectivity index (χ2n) is 10.0. The molecule has 0 aromatic heterocycles. The van der Waals surface area contributed by atoms with Crippen molar-refractivity contribution in [2.45, 2.75) is 107 Å². The fourth-order valence-electron chi connectivity index (χ4n) is 7.38. The Hall–Kier alpha value is -0.370. The Balaban J connectivity index is 0.000000921. The van der Waals surface area contributed by atoms with Gasteiger partial charge in [-0.3, -0.25) is 4.79 Å². The van der Waals surface area contributed by atoms with Gasteiger partial charge in [0.15, 0.2) is 0 Å². The molecule has 7 atom stereocenters. The molecular formula is C26H50O2. The summed E-state index contributed by atoms with van der Waals surface area (Å²) in [6.07, 6.45) is 8.86. The summed E-state index contributed by atoms with van der Waals surface area (Å²) < 4.78 is 5.66. The molecule has 0 aromatic rings. The highest BCUT2D eigenvalue weighted by Gasteiger charge is 2.57. The monoisotopic (exact) mass is 394 g/mol. The van der Waals surface area contributed by atoms with Crippen LogP contribution in [0.5, 0.6) is 0 Å². The van der Waals surface area contributed by atoms with Gasteiger partial charge in [0.2, 0.25) is 0 Å². The van der Waals surface area contributed by atoms with Gasteiger partial charge >= 0.3 is 0 Å². The Morgan fingerprint density at radius 3 is 2.25 bits per heavy atom. The molecule has 2 nitrogen and oxygen atoms in total. The molecule has 0 aromatic carbocycles.